The zero-order valence-corrected chi connectivity index (χ0v) is 14.8. The number of hydrogen-bond acceptors (Lipinski definition) is 3. The van der Waals surface area contributed by atoms with Crippen LogP contribution in [0.4, 0.5) is 4.39 Å². The van der Waals surface area contributed by atoms with Gasteiger partial charge in [0.05, 0.1) is 12.1 Å². The Kier molecular flexibility index (Phi) is 4.46. The van der Waals surface area contributed by atoms with Crippen LogP contribution < -0.4 is 5.32 Å². The molecule has 6 heteroatoms. The second-order valence-corrected chi connectivity index (χ2v) is 6.34. The van der Waals surface area contributed by atoms with E-state index in [2.05, 4.69) is 15.3 Å². The van der Waals surface area contributed by atoms with Gasteiger partial charge < -0.3 is 14.7 Å². The van der Waals surface area contributed by atoms with E-state index in [1.54, 1.807) is 19.1 Å². The van der Waals surface area contributed by atoms with Crippen molar-refractivity contribution in [3.05, 3.63) is 77.6 Å². The number of fused-ring (bicyclic) bond motifs is 1. The van der Waals surface area contributed by atoms with Gasteiger partial charge in [-0.05, 0) is 42.8 Å². The largest absolute Gasteiger partial charge is 0.441 e. The standard InChI is InChI=1S/C21H18FN3O2/c1-13-19(25-21(27-13)14-6-8-16(22)9-7-14)10-20(26)24-12-15-11-23-18-5-3-2-4-17(15)18/h2-9,11,23H,10,12H2,1H3,(H,24,26). The van der Waals surface area contributed by atoms with Crippen LogP contribution in [0.1, 0.15) is 17.0 Å². The van der Waals surface area contributed by atoms with E-state index in [-0.39, 0.29) is 18.1 Å². The number of carbonyl (C=O) groups excluding carboxylic acids is 1. The molecule has 2 N–H and O–H groups in total. The lowest BCUT2D eigenvalue weighted by molar-refractivity contribution is -0.120. The van der Waals surface area contributed by atoms with Gasteiger partial charge in [0.2, 0.25) is 11.8 Å². The van der Waals surface area contributed by atoms with Crippen LogP contribution in [0.25, 0.3) is 22.4 Å². The van der Waals surface area contributed by atoms with Gasteiger partial charge in [-0.15, -0.1) is 0 Å². The van der Waals surface area contributed by atoms with E-state index in [0.29, 0.717) is 29.5 Å². The molecule has 0 saturated carbocycles. The van der Waals surface area contributed by atoms with E-state index < -0.39 is 0 Å². The minimum atomic E-state index is -0.320. The highest BCUT2D eigenvalue weighted by molar-refractivity contribution is 5.84. The molecule has 0 aliphatic heterocycles. The Morgan fingerprint density at radius 1 is 1.19 bits per heavy atom. The summed E-state index contributed by atoms with van der Waals surface area (Å²) < 4.78 is 18.7. The van der Waals surface area contributed by atoms with Crippen LogP contribution in [0.5, 0.6) is 0 Å². The van der Waals surface area contributed by atoms with E-state index in [9.17, 15) is 9.18 Å². The summed E-state index contributed by atoms with van der Waals surface area (Å²) in [6, 6.07) is 13.8. The van der Waals surface area contributed by atoms with Crippen LogP contribution in [0, 0.1) is 12.7 Å². The fraction of sp³-hybridized carbons (Fsp3) is 0.143. The fourth-order valence-corrected chi connectivity index (χ4v) is 2.99. The van der Waals surface area contributed by atoms with Crippen LogP contribution in [-0.2, 0) is 17.8 Å². The predicted octanol–water partition coefficient (Wildman–Crippen LogP) is 4.13. The number of hydrogen-bond donors (Lipinski definition) is 2. The summed E-state index contributed by atoms with van der Waals surface area (Å²) >= 11 is 0. The van der Waals surface area contributed by atoms with Gasteiger partial charge >= 0.3 is 0 Å². The minimum absolute atomic E-state index is 0.124. The molecular weight excluding hydrogens is 345 g/mol. The molecule has 5 nitrogen and oxygen atoms in total. The average molecular weight is 363 g/mol. The number of para-hydroxylation sites is 1. The molecule has 2 heterocycles. The van der Waals surface area contributed by atoms with Gasteiger partial charge in [-0.3, -0.25) is 4.79 Å². The fourth-order valence-electron chi connectivity index (χ4n) is 2.99. The molecule has 0 atom stereocenters. The Morgan fingerprint density at radius 2 is 1.96 bits per heavy atom. The van der Waals surface area contributed by atoms with Gasteiger partial charge in [-0.1, -0.05) is 18.2 Å². The van der Waals surface area contributed by atoms with Gasteiger partial charge in [0, 0.05) is 29.2 Å². The molecule has 4 rings (SSSR count). The molecule has 0 radical (unpaired) electrons. The highest BCUT2D eigenvalue weighted by atomic mass is 19.1. The molecule has 0 unspecified atom stereocenters. The number of amides is 1. The topological polar surface area (TPSA) is 70.9 Å². The Morgan fingerprint density at radius 3 is 2.78 bits per heavy atom. The van der Waals surface area contributed by atoms with Crippen molar-refractivity contribution in [2.24, 2.45) is 0 Å². The first-order valence-electron chi connectivity index (χ1n) is 8.64. The number of rotatable bonds is 5. The highest BCUT2D eigenvalue weighted by Gasteiger charge is 2.15. The maximum Gasteiger partial charge on any atom is 0.226 e. The van der Waals surface area contributed by atoms with E-state index >= 15 is 0 Å². The molecule has 1 amide bonds. The molecule has 2 aromatic heterocycles. The third kappa shape index (κ3) is 3.60. The summed E-state index contributed by atoms with van der Waals surface area (Å²) in [5, 5.41) is 4.01. The summed E-state index contributed by atoms with van der Waals surface area (Å²) in [5.74, 6) is 0.504. The van der Waals surface area contributed by atoms with Crippen LogP contribution in [-0.4, -0.2) is 15.9 Å². The molecular formula is C21H18FN3O2. The number of oxazole rings is 1. The van der Waals surface area contributed by atoms with Crippen LogP contribution in [0.3, 0.4) is 0 Å². The van der Waals surface area contributed by atoms with Crippen molar-refractivity contribution in [3.63, 3.8) is 0 Å². The summed E-state index contributed by atoms with van der Waals surface area (Å²) in [7, 11) is 0. The van der Waals surface area contributed by atoms with Gasteiger partial charge in [0.1, 0.15) is 11.6 Å². The quantitative estimate of drug-likeness (QED) is 0.560. The first kappa shape index (κ1) is 17.0. The number of benzene rings is 2. The lowest BCUT2D eigenvalue weighted by Gasteiger charge is -2.03. The number of aryl methyl sites for hydroxylation is 1. The van der Waals surface area contributed by atoms with Gasteiger partial charge in [0.25, 0.3) is 0 Å². The molecule has 0 bridgehead atoms. The number of nitrogens with one attached hydrogen (secondary N) is 2. The molecule has 136 valence electrons. The zero-order chi connectivity index (χ0) is 18.8. The first-order chi connectivity index (χ1) is 13.1. The van der Waals surface area contributed by atoms with Crippen LogP contribution in [0.2, 0.25) is 0 Å². The molecule has 4 aromatic rings. The molecule has 2 aromatic carbocycles. The number of carbonyl (C=O) groups is 1. The maximum atomic E-state index is 13.1. The summed E-state index contributed by atoms with van der Waals surface area (Å²) in [5.41, 5.74) is 3.32. The minimum Gasteiger partial charge on any atom is -0.441 e. The molecule has 0 fully saturated rings. The van der Waals surface area contributed by atoms with E-state index in [1.807, 2.05) is 30.5 Å². The van der Waals surface area contributed by atoms with E-state index in [0.717, 1.165) is 16.5 Å². The van der Waals surface area contributed by atoms with E-state index in [4.69, 9.17) is 4.42 Å². The number of aromatic amines is 1. The molecule has 27 heavy (non-hydrogen) atoms. The van der Waals surface area contributed by atoms with Crippen LogP contribution >= 0.6 is 0 Å². The normalized spacial score (nSPS) is 11.0. The Hall–Kier alpha value is -3.41. The number of H-pyrrole nitrogens is 1. The van der Waals surface area contributed by atoms with Crippen molar-refractivity contribution in [2.45, 2.75) is 19.9 Å². The summed E-state index contributed by atoms with van der Waals surface area (Å²) in [6.45, 7) is 2.20. The van der Waals surface area contributed by atoms with Crippen molar-refractivity contribution in [2.75, 3.05) is 0 Å². The van der Waals surface area contributed by atoms with Crippen molar-refractivity contribution < 1.29 is 13.6 Å². The Bertz CT molecular complexity index is 1100. The second kappa shape index (κ2) is 7.07. The van der Waals surface area contributed by atoms with Gasteiger partial charge in [-0.25, -0.2) is 9.37 Å². The van der Waals surface area contributed by atoms with E-state index in [1.165, 1.54) is 12.1 Å². The highest BCUT2D eigenvalue weighted by Crippen LogP contribution is 2.22. The van der Waals surface area contributed by atoms with Crippen molar-refractivity contribution in [1.29, 1.82) is 0 Å². The SMILES string of the molecule is Cc1oc(-c2ccc(F)cc2)nc1CC(=O)NCc1c[nH]c2ccccc12. The van der Waals surface area contributed by atoms with Crippen molar-refractivity contribution >= 4 is 16.8 Å². The average Bonchev–Trinajstić information content (AvgIpc) is 3.24. The third-order valence-corrected chi connectivity index (χ3v) is 4.46. The Labute approximate surface area is 155 Å². The maximum absolute atomic E-state index is 13.1. The number of nitrogens with zero attached hydrogens (tertiary/aromatic N) is 1. The third-order valence-electron chi connectivity index (χ3n) is 4.46. The lowest BCUT2D eigenvalue weighted by atomic mass is 10.1. The lowest BCUT2D eigenvalue weighted by Crippen LogP contribution is -2.24. The second-order valence-electron chi connectivity index (χ2n) is 6.34. The number of aromatic nitrogens is 2. The molecule has 0 aliphatic carbocycles. The molecule has 0 spiro atoms. The smallest absolute Gasteiger partial charge is 0.226 e. The van der Waals surface area contributed by atoms with Crippen LogP contribution in [0.15, 0.2) is 59.1 Å². The van der Waals surface area contributed by atoms with Gasteiger partial charge in [-0.2, -0.15) is 0 Å². The van der Waals surface area contributed by atoms with Gasteiger partial charge in [0.15, 0.2) is 0 Å². The first-order valence-corrected chi connectivity index (χ1v) is 8.64. The Balaban J connectivity index is 1.43. The van der Waals surface area contributed by atoms with Crippen molar-refractivity contribution in [3.8, 4) is 11.5 Å². The van der Waals surface area contributed by atoms with Crippen molar-refractivity contribution in [1.82, 2.24) is 15.3 Å². The summed E-state index contributed by atoms with van der Waals surface area (Å²) in [4.78, 5) is 19.9. The molecule has 0 aliphatic rings. The number of halogens is 1. The zero-order valence-electron chi connectivity index (χ0n) is 14.8. The monoisotopic (exact) mass is 363 g/mol. The summed E-state index contributed by atoms with van der Waals surface area (Å²) in [6.07, 6.45) is 2.03. The molecule has 0 saturated heterocycles. The predicted molar refractivity (Wildman–Crippen MR) is 100 cm³/mol.